The highest BCUT2D eigenvalue weighted by Crippen LogP contribution is 2.46. The Kier molecular flexibility index (Phi) is 10.3. The zero-order valence-electron chi connectivity index (χ0n) is 36.2. The van der Waals surface area contributed by atoms with Crippen LogP contribution in [0.2, 0.25) is 0 Å². The molecule has 10 aromatic rings. The van der Waals surface area contributed by atoms with E-state index in [1.165, 1.54) is 22.3 Å². The minimum absolute atomic E-state index is 0.290. The number of benzene rings is 8. The largest absolute Gasteiger partial charge is 0.308 e. The van der Waals surface area contributed by atoms with Gasteiger partial charge in [0.1, 0.15) is 0 Å². The molecule has 0 amide bonds. The Morgan fingerprint density at radius 2 is 0.879 bits per heavy atom. The minimum atomic E-state index is 0.290. The third kappa shape index (κ3) is 7.08. The van der Waals surface area contributed by atoms with Gasteiger partial charge in [0.15, 0.2) is 17.5 Å². The van der Waals surface area contributed by atoms with Crippen molar-refractivity contribution in [1.82, 2.24) is 19.5 Å². The van der Waals surface area contributed by atoms with E-state index in [1.54, 1.807) is 36.4 Å². The first-order valence-electron chi connectivity index (χ1n) is 21.3. The van der Waals surface area contributed by atoms with Crippen molar-refractivity contribution in [1.29, 1.82) is 21.0 Å². The van der Waals surface area contributed by atoms with Gasteiger partial charge in [0.25, 0.3) is 0 Å². The minimum Gasteiger partial charge on any atom is -0.308 e. The lowest BCUT2D eigenvalue weighted by atomic mass is 9.88. The van der Waals surface area contributed by atoms with E-state index >= 15 is 0 Å². The van der Waals surface area contributed by atoms with E-state index < -0.39 is 0 Å². The van der Waals surface area contributed by atoms with Crippen molar-refractivity contribution in [3.05, 3.63) is 203 Å². The van der Waals surface area contributed by atoms with E-state index in [0.29, 0.717) is 62.1 Å². The summed E-state index contributed by atoms with van der Waals surface area (Å²) in [4.78, 5) is 15.2. The molecule has 0 bridgehead atoms. The highest BCUT2D eigenvalue weighted by atomic mass is 15.0. The Hall–Kier alpha value is -9.47. The third-order valence-electron chi connectivity index (χ3n) is 12.0. The van der Waals surface area contributed by atoms with Gasteiger partial charge < -0.3 is 4.57 Å². The summed E-state index contributed by atoms with van der Waals surface area (Å²) in [5.41, 5.74) is 14.2. The molecule has 0 spiro atoms. The molecule has 10 rings (SSSR count). The fourth-order valence-electron chi connectivity index (χ4n) is 9.24. The van der Waals surface area contributed by atoms with Crippen molar-refractivity contribution in [2.24, 2.45) is 0 Å². The molecule has 0 aliphatic carbocycles. The van der Waals surface area contributed by atoms with Gasteiger partial charge in [0.05, 0.1) is 63.3 Å². The molecule has 66 heavy (non-hydrogen) atoms. The lowest BCUT2D eigenvalue weighted by Gasteiger charge is -2.22. The fourth-order valence-corrected chi connectivity index (χ4v) is 9.24. The molecule has 0 saturated carbocycles. The maximum Gasteiger partial charge on any atom is 0.164 e. The molecule has 0 saturated heterocycles. The number of aryl methyl sites for hydroxylation is 3. The van der Waals surface area contributed by atoms with Gasteiger partial charge in [-0.25, -0.2) is 15.0 Å². The number of fused-ring (bicyclic) bond motifs is 3. The van der Waals surface area contributed by atoms with Crippen molar-refractivity contribution >= 4 is 21.8 Å². The van der Waals surface area contributed by atoms with Crippen LogP contribution in [0, 0.1) is 66.1 Å². The maximum absolute atomic E-state index is 10.8. The summed E-state index contributed by atoms with van der Waals surface area (Å²) in [5, 5.41) is 43.7. The first-order chi connectivity index (χ1) is 32.3. The van der Waals surface area contributed by atoms with Crippen molar-refractivity contribution in [3.8, 4) is 97.5 Å². The van der Waals surface area contributed by atoms with Crippen LogP contribution in [0.4, 0.5) is 0 Å². The molecule has 0 aliphatic heterocycles. The number of nitrogens with zero attached hydrogens (tertiary/aromatic N) is 8. The Morgan fingerprint density at radius 1 is 0.394 bits per heavy atom. The molecule has 0 atom stereocenters. The van der Waals surface area contributed by atoms with Gasteiger partial charge in [-0.15, -0.1) is 0 Å². The zero-order chi connectivity index (χ0) is 45.5. The fraction of sp³-hybridized carbons (Fsp3) is 0.0517. The van der Waals surface area contributed by atoms with Gasteiger partial charge in [-0.1, -0.05) is 115 Å². The van der Waals surface area contributed by atoms with Gasteiger partial charge in [0, 0.05) is 49.7 Å². The number of rotatable bonds is 7. The molecule has 8 aromatic carbocycles. The lowest BCUT2D eigenvalue weighted by molar-refractivity contribution is 1.07. The van der Waals surface area contributed by atoms with Gasteiger partial charge >= 0.3 is 0 Å². The molecule has 0 unspecified atom stereocenters. The van der Waals surface area contributed by atoms with Gasteiger partial charge in [-0.05, 0) is 97.6 Å². The van der Waals surface area contributed by atoms with Gasteiger partial charge in [-0.2, -0.15) is 21.0 Å². The monoisotopic (exact) mass is 844 g/mol. The Bertz CT molecular complexity index is 3600. The Labute approximate surface area is 381 Å². The molecule has 308 valence electrons. The number of nitriles is 4. The normalized spacial score (nSPS) is 10.9. The van der Waals surface area contributed by atoms with E-state index in [2.05, 4.69) is 92.1 Å². The summed E-state index contributed by atoms with van der Waals surface area (Å²) in [6.07, 6.45) is 0. The summed E-state index contributed by atoms with van der Waals surface area (Å²) in [6.45, 7) is 6.41. The second-order valence-corrected chi connectivity index (χ2v) is 16.3. The molecular formula is C58H36N8. The van der Waals surface area contributed by atoms with Crippen LogP contribution < -0.4 is 0 Å². The molecule has 0 radical (unpaired) electrons. The van der Waals surface area contributed by atoms with Gasteiger partial charge in [-0.3, -0.25) is 0 Å². The summed E-state index contributed by atoms with van der Waals surface area (Å²) in [7, 11) is 0. The van der Waals surface area contributed by atoms with E-state index in [9.17, 15) is 21.0 Å². The van der Waals surface area contributed by atoms with Crippen molar-refractivity contribution in [3.63, 3.8) is 0 Å². The average Bonchev–Trinajstić information content (AvgIpc) is 3.68. The van der Waals surface area contributed by atoms with Crippen molar-refractivity contribution in [2.45, 2.75) is 20.8 Å². The van der Waals surface area contributed by atoms with Crippen LogP contribution in [0.5, 0.6) is 0 Å². The number of aromatic nitrogens is 4. The van der Waals surface area contributed by atoms with E-state index in [4.69, 9.17) is 15.0 Å². The first-order valence-corrected chi connectivity index (χ1v) is 21.3. The van der Waals surface area contributed by atoms with Crippen LogP contribution >= 0.6 is 0 Å². The van der Waals surface area contributed by atoms with Crippen LogP contribution in [0.3, 0.4) is 0 Å². The molecule has 2 aromatic heterocycles. The van der Waals surface area contributed by atoms with E-state index in [0.717, 1.165) is 38.5 Å². The molecule has 0 N–H and O–H groups in total. The highest BCUT2D eigenvalue weighted by molar-refractivity contribution is 6.12. The van der Waals surface area contributed by atoms with Crippen molar-refractivity contribution < 1.29 is 0 Å². The lowest BCUT2D eigenvalue weighted by Crippen LogP contribution is -2.05. The summed E-state index contributed by atoms with van der Waals surface area (Å²) in [5.74, 6) is 1.30. The molecule has 0 aliphatic rings. The molecule has 8 heteroatoms. The smallest absolute Gasteiger partial charge is 0.164 e. The number of hydrogen-bond donors (Lipinski definition) is 0. The van der Waals surface area contributed by atoms with Gasteiger partial charge in [0.2, 0.25) is 0 Å². The molecule has 2 heterocycles. The Morgan fingerprint density at radius 3 is 1.39 bits per heavy atom. The topological polar surface area (TPSA) is 139 Å². The predicted octanol–water partition coefficient (Wildman–Crippen LogP) is 13.4. The zero-order valence-corrected chi connectivity index (χ0v) is 36.2. The second kappa shape index (κ2) is 16.7. The predicted molar refractivity (Wildman–Crippen MR) is 260 cm³/mol. The SMILES string of the molecule is Cc1cc(C)c(-c2ccc3c(c2)c2ccccc2n3-c2c(-c3ccc(C#N)cc3C#N)cc(-c3nc(-c4ccccc4)nc(-c4ccccc4)n3)cc2-c2ccc(C#N)cc2C#N)c(C)c1. The highest BCUT2D eigenvalue weighted by Gasteiger charge is 2.26. The second-order valence-electron chi connectivity index (χ2n) is 16.3. The molecule has 0 fully saturated rings. The summed E-state index contributed by atoms with van der Waals surface area (Å²) in [6, 6.07) is 62.0. The van der Waals surface area contributed by atoms with Crippen LogP contribution in [0.1, 0.15) is 38.9 Å². The quantitative estimate of drug-likeness (QED) is 0.156. The first kappa shape index (κ1) is 40.6. The molecule has 8 nitrogen and oxygen atoms in total. The van der Waals surface area contributed by atoms with Crippen LogP contribution in [-0.2, 0) is 0 Å². The average molecular weight is 845 g/mol. The van der Waals surface area contributed by atoms with Crippen molar-refractivity contribution in [2.75, 3.05) is 0 Å². The maximum atomic E-state index is 10.8. The van der Waals surface area contributed by atoms with E-state index in [1.807, 2.05) is 84.9 Å². The Balaban J connectivity index is 1.37. The third-order valence-corrected chi connectivity index (χ3v) is 12.0. The number of para-hydroxylation sites is 1. The van der Waals surface area contributed by atoms with Crippen LogP contribution in [0.15, 0.2) is 164 Å². The van der Waals surface area contributed by atoms with Crippen LogP contribution in [0.25, 0.3) is 95.0 Å². The molecular weight excluding hydrogens is 809 g/mol. The summed E-state index contributed by atoms with van der Waals surface area (Å²) < 4.78 is 2.20. The number of hydrogen-bond acceptors (Lipinski definition) is 7. The summed E-state index contributed by atoms with van der Waals surface area (Å²) >= 11 is 0. The standard InChI is InChI=1S/C58H36N8/c1-35-24-36(2)54(37(3)25-35)42-20-23-53-49(28-42)48-16-10-11-17-52(48)66(53)55-50(46-21-18-38(31-59)26-44(46)33-61)29-43(30-51(55)47-22-19-39(32-60)27-45(47)34-62)58-64-56(40-12-6-4-7-13-40)63-57(65-58)41-14-8-5-9-15-41/h4-30H,1-3H3. The van der Waals surface area contributed by atoms with Crippen LogP contribution in [-0.4, -0.2) is 19.5 Å². The van der Waals surface area contributed by atoms with E-state index in [-0.39, 0.29) is 11.1 Å².